The lowest BCUT2D eigenvalue weighted by molar-refractivity contribution is 0.331. The summed E-state index contributed by atoms with van der Waals surface area (Å²) in [6.45, 7) is 6.74. The Kier molecular flexibility index (Phi) is 4.34. The van der Waals surface area contributed by atoms with Crippen LogP contribution < -0.4 is 5.73 Å². The van der Waals surface area contributed by atoms with Crippen molar-refractivity contribution in [3.05, 3.63) is 35.9 Å². The minimum absolute atomic E-state index is 0.324. The molecule has 0 aromatic heterocycles. The number of benzene rings is 1. The van der Waals surface area contributed by atoms with Crippen molar-refractivity contribution in [2.24, 2.45) is 11.1 Å². The highest BCUT2D eigenvalue weighted by Gasteiger charge is 2.15. The van der Waals surface area contributed by atoms with Gasteiger partial charge in [-0.05, 0) is 30.2 Å². The van der Waals surface area contributed by atoms with E-state index in [1.54, 1.807) is 0 Å². The molecule has 0 fully saturated rings. The van der Waals surface area contributed by atoms with Gasteiger partial charge in [-0.25, -0.2) is 0 Å². The summed E-state index contributed by atoms with van der Waals surface area (Å²) < 4.78 is 0. The molecule has 1 heteroatoms. The predicted octanol–water partition coefficient (Wildman–Crippen LogP) is 3.38. The Morgan fingerprint density at radius 2 is 1.73 bits per heavy atom. The average Bonchev–Trinajstić information content (AvgIpc) is 2.14. The number of hydrogen-bond acceptors (Lipinski definition) is 1. The van der Waals surface area contributed by atoms with E-state index in [0.29, 0.717) is 11.5 Å². The molecule has 1 atom stereocenters. The third kappa shape index (κ3) is 5.58. The minimum atomic E-state index is 0.324. The third-order valence-corrected chi connectivity index (χ3v) is 2.52. The van der Waals surface area contributed by atoms with Gasteiger partial charge in [0.25, 0.3) is 0 Å². The monoisotopic (exact) mass is 205 g/mol. The first-order chi connectivity index (χ1) is 6.97. The van der Waals surface area contributed by atoms with Gasteiger partial charge in [-0.2, -0.15) is 0 Å². The van der Waals surface area contributed by atoms with Crippen molar-refractivity contribution in [1.82, 2.24) is 0 Å². The highest BCUT2D eigenvalue weighted by atomic mass is 14.6. The number of rotatable bonds is 4. The van der Waals surface area contributed by atoms with Crippen molar-refractivity contribution >= 4 is 0 Å². The second-order valence-electron chi connectivity index (χ2n) is 5.55. The van der Waals surface area contributed by atoms with Crippen LogP contribution in [-0.2, 0) is 6.42 Å². The van der Waals surface area contributed by atoms with Crippen molar-refractivity contribution in [2.45, 2.75) is 46.1 Å². The molecule has 1 rings (SSSR count). The predicted molar refractivity (Wildman–Crippen MR) is 66.8 cm³/mol. The summed E-state index contributed by atoms with van der Waals surface area (Å²) in [6.07, 6.45) is 3.28. The summed E-state index contributed by atoms with van der Waals surface area (Å²) in [5.41, 5.74) is 7.84. The van der Waals surface area contributed by atoms with Crippen molar-refractivity contribution < 1.29 is 0 Å². The Balaban J connectivity index is 2.32. The molecule has 84 valence electrons. The van der Waals surface area contributed by atoms with Gasteiger partial charge in [0.05, 0.1) is 0 Å². The molecule has 0 aliphatic rings. The van der Waals surface area contributed by atoms with Gasteiger partial charge in [-0.15, -0.1) is 0 Å². The first-order valence-corrected chi connectivity index (χ1v) is 5.77. The first-order valence-electron chi connectivity index (χ1n) is 5.77. The smallest absolute Gasteiger partial charge is 0.00469 e. The summed E-state index contributed by atoms with van der Waals surface area (Å²) in [4.78, 5) is 0. The SMILES string of the molecule is CC(C)(C)CC(N)CCc1ccccc1. The molecular weight excluding hydrogens is 182 g/mol. The van der Waals surface area contributed by atoms with Crippen molar-refractivity contribution in [2.75, 3.05) is 0 Å². The first kappa shape index (κ1) is 12.3. The van der Waals surface area contributed by atoms with Gasteiger partial charge in [0.2, 0.25) is 0 Å². The lowest BCUT2D eigenvalue weighted by atomic mass is 9.86. The number of hydrogen-bond donors (Lipinski definition) is 1. The third-order valence-electron chi connectivity index (χ3n) is 2.52. The van der Waals surface area contributed by atoms with Crippen LogP contribution in [0.2, 0.25) is 0 Å². The zero-order chi connectivity index (χ0) is 11.3. The lowest BCUT2D eigenvalue weighted by Gasteiger charge is -2.23. The second-order valence-corrected chi connectivity index (χ2v) is 5.55. The average molecular weight is 205 g/mol. The highest BCUT2D eigenvalue weighted by Crippen LogP contribution is 2.21. The Hall–Kier alpha value is -0.820. The van der Waals surface area contributed by atoms with Crippen molar-refractivity contribution in [3.8, 4) is 0 Å². The molecule has 0 amide bonds. The quantitative estimate of drug-likeness (QED) is 0.801. The maximum Gasteiger partial charge on any atom is 0.00469 e. The van der Waals surface area contributed by atoms with E-state index in [1.165, 1.54) is 5.56 Å². The Labute approximate surface area is 93.7 Å². The van der Waals surface area contributed by atoms with Crippen LogP contribution in [0.5, 0.6) is 0 Å². The van der Waals surface area contributed by atoms with E-state index in [-0.39, 0.29) is 0 Å². The van der Waals surface area contributed by atoms with Crippen LogP contribution in [0.4, 0.5) is 0 Å². The lowest BCUT2D eigenvalue weighted by Crippen LogP contribution is -2.26. The number of aryl methyl sites for hydroxylation is 1. The maximum atomic E-state index is 6.11. The van der Waals surface area contributed by atoms with E-state index in [1.807, 2.05) is 0 Å². The molecule has 1 nitrogen and oxygen atoms in total. The summed E-state index contributed by atoms with van der Waals surface area (Å²) in [5.74, 6) is 0. The molecule has 2 N–H and O–H groups in total. The number of nitrogens with two attached hydrogens (primary N) is 1. The fourth-order valence-corrected chi connectivity index (χ4v) is 1.89. The molecule has 0 heterocycles. The zero-order valence-corrected chi connectivity index (χ0v) is 10.2. The highest BCUT2D eigenvalue weighted by molar-refractivity contribution is 5.14. The van der Waals surface area contributed by atoms with Gasteiger partial charge in [0.1, 0.15) is 0 Å². The van der Waals surface area contributed by atoms with Crippen LogP contribution in [0.1, 0.15) is 39.2 Å². The summed E-state index contributed by atoms with van der Waals surface area (Å²) in [7, 11) is 0. The van der Waals surface area contributed by atoms with Crippen LogP contribution in [0.25, 0.3) is 0 Å². The maximum absolute atomic E-state index is 6.11. The van der Waals surface area contributed by atoms with E-state index in [0.717, 1.165) is 19.3 Å². The molecule has 0 radical (unpaired) electrons. The van der Waals surface area contributed by atoms with Crippen LogP contribution >= 0.6 is 0 Å². The van der Waals surface area contributed by atoms with Crippen molar-refractivity contribution in [3.63, 3.8) is 0 Å². The Morgan fingerprint density at radius 3 is 2.27 bits per heavy atom. The molecule has 0 aliphatic heterocycles. The molecule has 1 unspecified atom stereocenters. The summed E-state index contributed by atoms with van der Waals surface area (Å²) in [6, 6.07) is 10.9. The molecule has 15 heavy (non-hydrogen) atoms. The molecule has 0 aliphatic carbocycles. The van der Waals surface area contributed by atoms with Gasteiger partial charge in [0.15, 0.2) is 0 Å². The molecule has 1 aromatic carbocycles. The molecule has 0 saturated carbocycles. The van der Waals surface area contributed by atoms with E-state index in [9.17, 15) is 0 Å². The molecule has 1 aromatic rings. The largest absolute Gasteiger partial charge is 0.328 e. The molecule has 0 bridgehead atoms. The second kappa shape index (κ2) is 5.32. The Bertz CT molecular complexity index is 271. The normalized spacial score (nSPS) is 13.9. The zero-order valence-electron chi connectivity index (χ0n) is 10.2. The van der Waals surface area contributed by atoms with Crippen LogP contribution in [0, 0.1) is 5.41 Å². The van der Waals surface area contributed by atoms with Gasteiger partial charge in [-0.1, -0.05) is 51.1 Å². The van der Waals surface area contributed by atoms with Gasteiger partial charge in [-0.3, -0.25) is 0 Å². The fraction of sp³-hybridized carbons (Fsp3) is 0.571. The van der Waals surface area contributed by atoms with E-state index >= 15 is 0 Å². The molecule has 0 spiro atoms. The molecular formula is C14H23N. The molecule has 0 saturated heterocycles. The van der Waals surface area contributed by atoms with Crippen LogP contribution in [0.15, 0.2) is 30.3 Å². The van der Waals surface area contributed by atoms with Crippen LogP contribution in [0.3, 0.4) is 0 Å². The topological polar surface area (TPSA) is 26.0 Å². The van der Waals surface area contributed by atoms with E-state index in [2.05, 4.69) is 51.1 Å². The van der Waals surface area contributed by atoms with Gasteiger partial charge < -0.3 is 5.73 Å². The summed E-state index contributed by atoms with van der Waals surface area (Å²) >= 11 is 0. The van der Waals surface area contributed by atoms with Gasteiger partial charge in [0, 0.05) is 6.04 Å². The standard InChI is InChI=1S/C14H23N/c1-14(2,3)11-13(15)10-9-12-7-5-4-6-8-12/h4-8,13H,9-11,15H2,1-3H3. The van der Waals surface area contributed by atoms with Gasteiger partial charge >= 0.3 is 0 Å². The van der Waals surface area contributed by atoms with E-state index < -0.39 is 0 Å². The fourth-order valence-electron chi connectivity index (χ4n) is 1.89. The minimum Gasteiger partial charge on any atom is -0.328 e. The van der Waals surface area contributed by atoms with E-state index in [4.69, 9.17) is 5.73 Å². The van der Waals surface area contributed by atoms with Crippen LogP contribution in [-0.4, -0.2) is 6.04 Å². The summed E-state index contributed by atoms with van der Waals surface area (Å²) in [5, 5.41) is 0. The van der Waals surface area contributed by atoms with Crippen molar-refractivity contribution in [1.29, 1.82) is 0 Å². The Morgan fingerprint density at radius 1 is 1.13 bits per heavy atom.